The van der Waals surface area contributed by atoms with Crippen molar-refractivity contribution < 1.29 is 22.6 Å². The van der Waals surface area contributed by atoms with E-state index in [0.29, 0.717) is 24.6 Å². The Bertz CT molecular complexity index is 721. The van der Waals surface area contributed by atoms with Gasteiger partial charge >= 0.3 is 6.18 Å². The first-order valence-electron chi connectivity index (χ1n) is 8.17. The van der Waals surface area contributed by atoms with Crippen LogP contribution in [0.15, 0.2) is 36.7 Å². The lowest BCUT2D eigenvalue weighted by Crippen LogP contribution is -2.36. The van der Waals surface area contributed by atoms with Crippen molar-refractivity contribution in [2.75, 3.05) is 43.1 Å². The molecule has 1 aliphatic heterocycles. The fourth-order valence-corrected chi connectivity index (χ4v) is 2.55. The molecule has 0 bridgehead atoms. The summed E-state index contributed by atoms with van der Waals surface area (Å²) in [6.07, 6.45) is -2.92. The van der Waals surface area contributed by atoms with Gasteiger partial charge in [-0.15, -0.1) is 0 Å². The van der Waals surface area contributed by atoms with Gasteiger partial charge in [0.05, 0.1) is 13.2 Å². The third-order valence-corrected chi connectivity index (χ3v) is 3.81. The summed E-state index contributed by atoms with van der Waals surface area (Å²) in [7, 11) is 0. The van der Waals surface area contributed by atoms with Crippen molar-refractivity contribution in [2.24, 2.45) is 0 Å². The van der Waals surface area contributed by atoms with Crippen LogP contribution in [0.4, 0.5) is 24.8 Å². The number of nitrogens with zero attached hydrogens (tertiary/aromatic N) is 3. The van der Waals surface area contributed by atoms with E-state index in [0.717, 1.165) is 18.9 Å². The Morgan fingerprint density at radius 1 is 1.15 bits per heavy atom. The Morgan fingerprint density at radius 3 is 2.69 bits per heavy atom. The zero-order chi connectivity index (χ0) is 18.4. The van der Waals surface area contributed by atoms with E-state index in [1.165, 1.54) is 12.4 Å². The lowest BCUT2D eigenvalue weighted by molar-refractivity contribution is -0.153. The summed E-state index contributed by atoms with van der Waals surface area (Å²) >= 11 is 0. The summed E-state index contributed by atoms with van der Waals surface area (Å²) in [5, 5.41) is 3.11. The van der Waals surface area contributed by atoms with Gasteiger partial charge < -0.3 is 19.7 Å². The fraction of sp³-hybridized carbons (Fsp3) is 0.412. The molecule has 0 spiro atoms. The largest absolute Gasteiger partial charge is 0.484 e. The van der Waals surface area contributed by atoms with Crippen molar-refractivity contribution >= 4 is 11.6 Å². The topological polar surface area (TPSA) is 59.5 Å². The van der Waals surface area contributed by atoms with Crippen molar-refractivity contribution in [3.63, 3.8) is 0 Å². The number of benzene rings is 1. The van der Waals surface area contributed by atoms with Crippen molar-refractivity contribution in [3.05, 3.63) is 42.2 Å². The molecular formula is C17H19F3N4O2. The normalized spacial score (nSPS) is 15.0. The maximum absolute atomic E-state index is 12.4. The summed E-state index contributed by atoms with van der Waals surface area (Å²) in [5.74, 6) is 1.57. The Labute approximate surface area is 149 Å². The van der Waals surface area contributed by atoms with Crippen LogP contribution in [0.5, 0.6) is 5.75 Å². The average molecular weight is 368 g/mol. The van der Waals surface area contributed by atoms with Crippen LogP contribution in [0.1, 0.15) is 5.56 Å². The Morgan fingerprint density at radius 2 is 1.92 bits per heavy atom. The van der Waals surface area contributed by atoms with Gasteiger partial charge in [-0.1, -0.05) is 18.2 Å². The summed E-state index contributed by atoms with van der Waals surface area (Å²) < 4.78 is 47.3. The van der Waals surface area contributed by atoms with Gasteiger partial charge in [-0.05, 0) is 6.07 Å². The van der Waals surface area contributed by atoms with Crippen LogP contribution >= 0.6 is 0 Å². The molecule has 1 aromatic carbocycles. The number of hydrogen-bond donors (Lipinski definition) is 1. The molecule has 0 saturated carbocycles. The van der Waals surface area contributed by atoms with Crippen LogP contribution in [0, 0.1) is 0 Å². The van der Waals surface area contributed by atoms with Gasteiger partial charge in [-0.3, -0.25) is 0 Å². The van der Waals surface area contributed by atoms with Crippen LogP contribution in [0.25, 0.3) is 0 Å². The first-order chi connectivity index (χ1) is 12.5. The third-order valence-electron chi connectivity index (χ3n) is 3.81. The molecular weight excluding hydrogens is 349 g/mol. The standard InChI is InChI=1S/C17H19F3N4O2/c18-17(19,20)11-26-14-4-2-1-3-13(14)10-21-15-9-16(23-12-22-15)24-5-7-25-8-6-24/h1-4,9,12H,5-8,10-11H2,(H,21,22,23). The van der Waals surface area contributed by atoms with Crippen molar-refractivity contribution in [2.45, 2.75) is 12.7 Å². The molecule has 1 aromatic heterocycles. The van der Waals surface area contributed by atoms with E-state index < -0.39 is 12.8 Å². The van der Waals surface area contributed by atoms with E-state index in [-0.39, 0.29) is 12.3 Å². The van der Waals surface area contributed by atoms with Crippen LogP contribution < -0.4 is 15.0 Å². The van der Waals surface area contributed by atoms with Crippen LogP contribution in [0.3, 0.4) is 0 Å². The molecule has 1 fully saturated rings. The highest BCUT2D eigenvalue weighted by Gasteiger charge is 2.28. The van der Waals surface area contributed by atoms with E-state index >= 15 is 0 Å². The van der Waals surface area contributed by atoms with Crippen molar-refractivity contribution in [1.82, 2.24) is 9.97 Å². The summed E-state index contributed by atoms with van der Waals surface area (Å²) in [6, 6.07) is 8.42. The van der Waals surface area contributed by atoms with Gasteiger partial charge in [0.15, 0.2) is 6.61 Å². The van der Waals surface area contributed by atoms with E-state index in [1.54, 1.807) is 18.2 Å². The van der Waals surface area contributed by atoms with E-state index in [9.17, 15) is 13.2 Å². The van der Waals surface area contributed by atoms with E-state index in [1.807, 2.05) is 6.07 Å². The molecule has 2 heterocycles. The number of anilines is 2. The number of ether oxygens (including phenoxy) is 2. The molecule has 0 aliphatic carbocycles. The van der Waals surface area contributed by atoms with Gasteiger partial charge in [0.25, 0.3) is 0 Å². The Balaban J connectivity index is 1.64. The average Bonchev–Trinajstić information content (AvgIpc) is 2.66. The zero-order valence-corrected chi connectivity index (χ0v) is 14.0. The summed E-state index contributed by atoms with van der Waals surface area (Å²) in [5.41, 5.74) is 0.614. The highest BCUT2D eigenvalue weighted by molar-refractivity contribution is 5.49. The minimum atomic E-state index is -4.37. The number of morpholine rings is 1. The van der Waals surface area contributed by atoms with Crippen LogP contribution in [-0.2, 0) is 11.3 Å². The number of para-hydroxylation sites is 1. The highest BCUT2D eigenvalue weighted by atomic mass is 19.4. The van der Waals surface area contributed by atoms with Crippen LogP contribution in [-0.4, -0.2) is 49.1 Å². The SMILES string of the molecule is FC(F)(F)COc1ccccc1CNc1cc(N2CCOCC2)ncn1. The van der Waals surface area contributed by atoms with Gasteiger partial charge in [0.1, 0.15) is 23.7 Å². The summed E-state index contributed by atoms with van der Waals surface area (Å²) in [6.45, 7) is 1.77. The van der Waals surface area contributed by atoms with Gasteiger partial charge in [0.2, 0.25) is 0 Å². The minimum Gasteiger partial charge on any atom is -0.484 e. The second-order valence-electron chi connectivity index (χ2n) is 5.73. The maximum Gasteiger partial charge on any atom is 0.422 e. The molecule has 0 amide bonds. The number of aromatic nitrogens is 2. The molecule has 1 aliphatic rings. The van der Waals surface area contributed by atoms with Crippen molar-refractivity contribution in [1.29, 1.82) is 0 Å². The smallest absolute Gasteiger partial charge is 0.422 e. The third kappa shape index (κ3) is 5.22. The summed E-state index contributed by atoms with van der Waals surface area (Å²) in [4.78, 5) is 10.5. The second-order valence-corrected chi connectivity index (χ2v) is 5.73. The van der Waals surface area contributed by atoms with Gasteiger partial charge in [-0.25, -0.2) is 9.97 Å². The predicted molar refractivity (Wildman–Crippen MR) is 90.4 cm³/mol. The molecule has 0 unspecified atom stereocenters. The van der Waals surface area contributed by atoms with Crippen molar-refractivity contribution in [3.8, 4) is 5.75 Å². The predicted octanol–water partition coefficient (Wildman–Crippen LogP) is 2.87. The van der Waals surface area contributed by atoms with Gasteiger partial charge in [-0.2, -0.15) is 13.2 Å². The molecule has 9 heteroatoms. The molecule has 26 heavy (non-hydrogen) atoms. The molecule has 1 N–H and O–H groups in total. The number of rotatable bonds is 6. The quantitative estimate of drug-likeness (QED) is 0.846. The fourth-order valence-electron chi connectivity index (χ4n) is 2.55. The van der Waals surface area contributed by atoms with Gasteiger partial charge in [0, 0.05) is 31.3 Å². The molecule has 1 saturated heterocycles. The lowest BCUT2D eigenvalue weighted by Gasteiger charge is -2.27. The molecule has 2 aromatic rings. The Kier molecular flexibility index (Phi) is 5.77. The molecule has 0 radical (unpaired) electrons. The molecule has 3 rings (SSSR count). The van der Waals surface area contributed by atoms with E-state index in [4.69, 9.17) is 9.47 Å². The molecule has 0 atom stereocenters. The first-order valence-corrected chi connectivity index (χ1v) is 8.17. The Hall–Kier alpha value is -2.55. The van der Waals surface area contributed by atoms with E-state index in [2.05, 4.69) is 20.2 Å². The monoisotopic (exact) mass is 368 g/mol. The molecule has 140 valence electrons. The second kappa shape index (κ2) is 8.22. The number of hydrogen-bond acceptors (Lipinski definition) is 6. The zero-order valence-electron chi connectivity index (χ0n) is 14.0. The first kappa shape index (κ1) is 18.2. The minimum absolute atomic E-state index is 0.194. The molecule has 6 nitrogen and oxygen atoms in total. The van der Waals surface area contributed by atoms with Crippen LogP contribution in [0.2, 0.25) is 0 Å². The number of alkyl halides is 3. The highest BCUT2D eigenvalue weighted by Crippen LogP contribution is 2.23. The lowest BCUT2D eigenvalue weighted by atomic mass is 10.2. The maximum atomic E-state index is 12.4. The number of halogens is 3. The number of nitrogens with one attached hydrogen (secondary N) is 1.